The van der Waals surface area contributed by atoms with E-state index in [-0.39, 0.29) is 5.91 Å². The molecule has 24 heavy (non-hydrogen) atoms. The molecule has 0 saturated carbocycles. The zero-order valence-corrected chi connectivity index (χ0v) is 14.1. The normalized spacial score (nSPS) is 12.8. The summed E-state index contributed by atoms with van der Waals surface area (Å²) in [4.78, 5) is 18.1. The van der Waals surface area contributed by atoms with E-state index in [2.05, 4.69) is 34.6 Å². The van der Waals surface area contributed by atoms with Crippen LogP contribution in [0.5, 0.6) is 0 Å². The molecule has 4 rings (SSSR count). The van der Waals surface area contributed by atoms with Gasteiger partial charge in [-0.05, 0) is 36.0 Å². The molecule has 1 aromatic heterocycles. The Labute approximate surface area is 145 Å². The molecular formula is C20H18N2OS. The molecule has 1 heterocycles. The highest BCUT2D eigenvalue weighted by atomic mass is 32.1. The van der Waals surface area contributed by atoms with Crippen LogP contribution in [0.3, 0.4) is 0 Å². The summed E-state index contributed by atoms with van der Waals surface area (Å²) in [6, 6.07) is 18.4. The molecule has 0 fully saturated rings. The molecular weight excluding hydrogens is 316 g/mol. The van der Waals surface area contributed by atoms with Crippen LogP contribution in [-0.2, 0) is 24.1 Å². The summed E-state index contributed by atoms with van der Waals surface area (Å²) in [5, 5.41) is 3.68. The van der Waals surface area contributed by atoms with Crippen molar-refractivity contribution in [2.45, 2.75) is 25.7 Å². The minimum Gasteiger partial charge on any atom is -0.302 e. The van der Waals surface area contributed by atoms with Gasteiger partial charge < -0.3 is 5.32 Å². The molecule has 1 N–H and O–H groups in total. The average molecular weight is 334 g/mol. The Morgan fingerprint density at radius 1 is 1.00 bits per heavy atom. The van der Waals surface area contributed by atoms with Crippen LogP contribution in [0.4, 0.5) is 5.13 Å². The van der Waals surface area contributed by atoms with Crippen LogP contribution in [-0.4, -0.2) is 10.9 Å². The standard InChI is InChI=1S/C20H18N2OS/c23-19(22-20-21-17-7-4-8-18(17)24-20)13-14-9-11-16(12-10-14)15-5-2-1-3-6-15/h1-3,5-6,9-12H,4,7-8,13H2,(H,21,22,23). The number of carbonyl (C=O) groups excluding carboxylic acids is 1. The van der Waals surface area contributed by atoms with Gasteiger partial charge in [0.1, 0.15) is 0 Å². The van der Waals surface area contributed by atoms with Crippen LogP contribution in [0.25, 0.3) is 11.1 Å². The molecule has 0 saturated heterocycles. The second kappa shape index (κ2) is 6.57. The van der Waals surface area contributed by atoms with Crippen LogP contribution < -0.4 is 5.32 Å². The number of rotatable bonds is 4. The Morgan fingerprint density at radius 3 is 2.50 bits per heavy atom. The van der Waals surface area contributed by atoms with Crippen molar-refractivity contribution in [3.8, 4) is 11.1 Å². The van der Waals surface area contributed by atoms with E-state index in [4.69, 9.17) is 0 Å². The smallest absolute Gasteiger partial charge is 0.230 e. The van der Waals surface area contributed by atoms with Gasteiger partial charge in [0.25, 0.3) is 0 Å². The molecule has 3 aromatic rings. The second-order valence-corrected chi connectivity index (χ2v) is 7.11. The summed E-state index contributed by atoms with van der Waals surface area (Å²) < 4.78 is 0. The van der Waals surface area contributed by atoms with Crippen molar-refractivity contribution < 1.29 is 4.79 Å². The van der Waals surface area contributed by atoms with Gasteiger partial charge in [0.2, 0.25) is 5.91 Å². The number of nitrogens with one attached hydrogen (secondary N) is 1. The fourth-order valence-electron chi connectivity index (χ4n) is 3.04. The lowest BCUT2D eigenvalue weighted by molar-refractivity contribution is -0.115. The molecule has 3 nitrogen and oxygen atoms in total. The third kappa shape index (κ3) is 3.24. The highest BCUT2D eigenvalue weighted by Crippen LogP contribution is 2.30. The molecule has 0 bridgehead atoms. The molecule has 0 radical (unpaired) electrons. The topological polar surface area (TPSA) is 42.0 Å². The Kier molecular flexibility index (Phi) is 4.13. The van der Waals surface area contributed by atoms with E-state index >= 15 is 0 Å². The van der Waals surface area contributed by atoms with Gasteiger partial charge in [-0.1, -0.05) is 54.6 Å². The van der Waals surface area contributed by atoms with Gasteiger partial charge in [-0.3, -0.25) is 4.79 Å². The maximum absolute atomic E-state index is 12.2. The predicted octanol–water partition coefficient (Wildman–Crippen LogP) is 4.48. The number of carbonyl (C=O) groups is 1. The largest absolute Gasteiger partial charge is 0.302 e. The summed E-state index contributed by atoms with van der Waals surface area (Å²) >= 11 is 1.62. The molecule has 0 spiro atoms. The Hall–Kier alpha value is -2.46. The second-order valence-electron chi connectivity index (χ2n) is 6.03. The van der Waals surface area contributed by atoms with Gasteiger partial charge in [0, 0.05) is 4.88 Å². The maximum Gasteiger partial charge on any atom is 0.230 e. The van der Waals surface area contributed by atoms with E-state index in [0.29, 0.717) is 6.42 Å². The van der Waals surface area contributed by atoms with Crippen LogP contribution in [0.1, 0.15) is 22.6 Å². The molecule has 120 valence electrons. The van der Waals surface area contributed by atoms with Gasteiger partial charge in [-0.15, -0.1) is 11.3 Å². The lowest BCUT2D eigenvalue weighted by Gasteiger charge is -2.05. The van der Waals surface area contributed by atoms with Crippen molar-refractivity contribution in [1.29, 1.82) is 0 Å². The molecule has 0 atom stereocenters. The lowest BCUT2D eigenvalue weighted by Crippen LogP contribution is -2.14. The molecule has 0 unspecified atom stereocenters. The number of anilines is 1. The fraction of sp³-hybridized carbons (Fsp3) is 0.200. The average Bonchev–Trinajstić information content (AvgIpc) is 3.17. The summed E-state index contributed by atoms with van der Waals surface area (Å²) in [5.41, 5.74) is 4.53. The summed E-state index contributed by atoms with van der Waals surface area (Å²) in [6.07, 6.45) is 3.71. The van der Waals surface area contributed by atoms with Crippen molar-refractivity contribution in [1.82, 2.24) is 4.98 Å². The first-order valence-corrected chi connectivity index (χ1v) is 9.02. The van der Waals surface area contributed by atoms with Crippen LogP contribution in [0.15, 0.2) is 54.6 Å². The van der Waals surface area contributed by atoms with Crippen LogP contribution in [0.2, 0.25) is 0 Å². The van der Waals surface area contributed by atoms with E-state index in [1.54, 1.807) is 11.3 Å². The minimum absolute atomic E-state index is 0.00474. The van der Waals surface area contributed by atoms with E-state index < -0.39 is 0 Å². The Morgan fingerprint density at radius 2 is 1.75 bits per heavy atom. The van der Waals surface area contributed by atoms with Gasteiger partial charge in [-0.2, -0.15) is 0 Å². The van der Waals surface area contributed by atoms with Gasteiger partial charge in [-0.25, -0.2) is 4.98 Å². The van der Waals surface area contributed by atoms with Crippen molar-refractivity contribution in [3.05, 3.63) is 70.7 Å². The third-order valence-corrected chi connectivity index (χ3v) is 5.34. The Bertz CT molecular complexity index is 832. The van der Waals surface area contributed by atoms with Crippen molar-refractivity contribution >= 4 is 22.4 Å². The first-order valence-electron chi connectivity index (χ1n) is 8.21. The number of nitrogens with zero attached hydrogens (tertiary/aromatic N) is 1. The minimum atomic E-state index is -0.00474. The van der Waals surface area contributed by atoms with E-state index in [9.17, 15) is 4.79 Å². The SMILES string of the molecule is O=C(Cc1ccc(-c2ccccc2)cc1)Nc1nc2c(s1)CCC2. The number of benzene rings is 2. The zero-order valence-electron chi connectivity index (χ0n) is 13.3. The van der Waals surface area contributed by atoms with Crippen molar-refractivity contribution in [2.24, 2.45) is 0 Å². The molecule has 0 aliphatic heterocycles. The molecule has 1 aliphatic carbocycles. The van der Waals surface area contributed by atoms with E-state index in [1.165, 1.54) is 22.6 Å². The number of aromatic nitrogens is 1. The molecule has 4 heteroatoms. The van der Waals surface area contributed by atoms with Crippen LogP contribution >= 0.6 is 11.3 Å². The van der Waals surface area contributed by atoms with Crippen LogP contribution in [0, 0.1) is 0 Å². The summed E-state index contributed by atoms with van der Waals surface area (Å²) in [5.74, 6) is -0.00474. The molecule has 2 aromatic carbocycles. The number of hydrogen-bond donors (Lipinski definition) is 1. The first kappa shape index (κ1) is 15.1. The number of fused-ring (bicyclic) bond motifs is 1. The van der Waals surface area contributed by atoms with Gasteiger partial charge in [0.05, 0.1) is 12.1 Å². The number of aryl methyl sites for hydroxylation is 2. The maximum atomic E-state index is 12.2. The molecule has 1 amide bonds. The monoisotopic (exact) mass is 334 g/mol. The highest BCUT2D eigenvalue weighted by molar-refractivity contribution is 7.15. The predicted molar refractivity (Wildman–Crippen MR) is 98.4 cm³/mol. The number of amides is 1. The van der Waals surface area contributed by atoms with Gasteiger partial charge >= 0.3 is 0 Å². The molecule has 1 aliphatic rings. The lowest BCUT2D eigenvalue weighted by atomic mass is 10.0. The Balaban J connectivity index is 1.40. The summed E-state index contributed by atoms with van der Waals surface area (Å²) in [7, 11) is 0. The van der Waals surface area contributed by atoms with Crippen molar-refractivity contribution in [2.75, 3.05) is 5.32 Å². The number of thiazole rings is 1. The van der Waals surface area contributed by atoms with E-state index in [0.717, 1.165) is 29.1 Å². The number of hydrogen-bond acceptors (Lipinski definition) is 3. The quantitative estimate of drug-likeness (QED) is 0.764. The third-order valence-electron chi connectivity index (χ3n) is 4.27. The van der Waals surface area contributed by atoms with E-state index in [1.807, 2.05) is 30.3 Å². The first-order chi connectivity index (χ1) is 11.8. The fourth-order valence-corrected chi connectivity index (χ4v) is 4.10. The van der Waals surface area contributed by atoms with Crippen molar-refractivity contribution in [3.63, 3.8) is 0 Å². The van der Waals surface area contributed by atoms with Gasteiger partial charge in [0.15, 0.2) is 5.13 Å². The highest BCUT2D eigenvalue weighted by Gasteiger charge is 2.17. The summed E-state index contributed by atoms with van der Waals surface area (Å²) in [6.45, 7) is 0. The zero-order chi connectivity index (χ0) is 16.4.